The van der Waals surface area contributed by atoms with Crippen LogP contribution in [0.2, 0.25) is 0 Å². The molecule has 78 valence electrons. The summed E-state index contributed by atoms with van der Waals surface area (Å²) < 4.78 is 1.91. The lowest BCUT2D eigenvalue weighted by Crippen LogP contribution is -2.39. The minimum Gasteiger partial charge on any atom is -0.308 e. The lowest BCUT2D eigenvalue weighted by molar-refractivity contribution is 0.581. The van der Waals surface area contributed by atoms with Crippen molar-refractivity contribution >= 4 is 11.8 Å². The monoisotopic (exact) mass is 211 g/mol. The molecule has 0 bridgehead atoms. The van der Waals surface area contributed by atoms with Gasteiger partial charge in [-0.15, -0.1) is 0 Å². The summed E-state index contributed by atoms with van der Waals surface area (Å²) in [7, 11) is 1.99. The summed E-state index contributed by atoms with van der Waals surface area (Å²) >= 11 is 2.01. The van der Waals surface area contributed by atoms with Crippen molar-refractivity contribution in [3.63, 3.8) is 0 Å². The van der Waals surface area contributed by atoms with E-state index in [0.29, 0.717) is 0 Å². The zero-order valence-corrected chi connectivity index (χ0v) is 9.60. The van der Waals surface area contributed by atoms with Crippen molar-refractivity contribution in [3.05, 3.63) is 17.5 Å². The SMILES string of the molecule is CCc1nn(C)cc1CNC1CSC1. The maximum atomic E-state index is 4.42. The van der Waals surface area contributed by atoms with Gasteiger partial charge in [0.2, 0.25) is 0 Å². The van der Waals surface area contributed by atoms with Crippen LogP contribution in [-0.2, 0) is 20.0 Å². The van der Waals surface area contributed by atoms with Crippen LogP contribution in [0.25, 0.3) is 0 Å². The molecule has 1 N–H and O–H groups in total. The van der Waals surface area contributed by atoms with E-state index >= 15 is 0 Å². The third-order valence-electron chi connectivity index (χ3n) is 2.55. The summed E-state index contributed by atoms with van der Waals surface area (Å²) in [6.07, 6.45) is 3.15. The van der Waals surface area contributed by atoms with Crippen LogP contribution in [0.5, 0.6) is 0 Å². The van der Waals surface area contributed by atoms with E-state index in [1.165, 1.54) is 22.8 Å². The molecule has 1 aliphatic rings. The summed E-state index contributed by atoms with van der Waals surface area (Å²) in [5.74, 6) is 2.53. The molecule has 0 amide bonds. The van der Waals surface area contributed by atoms with E-state index in [1.54, 1.807) is 0 Å². The summed E-state index contributed by atoms with van der Waals surface area (Å²) in [4.78, 5) is 0. The third kappa shape index (κ3) is 2.12. The zero-order chi connectivity index (χ0) is 9.97. The van der Waals surface area contributed by atoms with E-state index in [1.807, 2.05) is 23.5 Å². The van der Waals surface area contributed by atoms with Crippen molar-refractivity contribution in [1.82, 2.24) is 15.1 Å². The molecule has 1 aromatic rings. The molecule has 3 nitrogen and oxygen atoms in total. The first-order valence-corrected chi connectivity index (χ1v) is 6.27. The normalized spacial score (nSPS) is 17.0. The molecule has 2 rings (SSSR count). The van der Waals surface area contributed by atoms with Crippen LogP contribution in [0.1, 0.15) is 18.2 Å². The first kappa shape index (κ1) is 10.1. The Balaban J connectivity index is 1.92. The fourth-order valence-electron chi connectivity index (χ4n) is 1.64. The molecule has 2 heterocycles. The molecule has 1 aromatic heterocycles. The second-order valence-corrected chi connectivity index (χ2v) is 4.82. The number of aryl methyl sites for hydroxylation is 2. The van der Waals surface area contributed by atoms with E-state index < -0.39 is 0 Å². The molecular formula is C10H17N3S. The van der Waals surface area contributed by atoms with Crippen LogP contribution in [-0.4, -0.2) is 27.3 Å². The molecule has 0 aliphatic carbocycles. The number of nitrogens with zero attached hydrogens (tertiary/aromatic N) is 2. The number of hydrogen-bond acceptors (Lipinski definition) is 3. The van der Waals surface area contributed by atoms with Crippen molar-refractivity contribution < 1.29 is 0 Å². The highest BCUT2D eigenvalue weighted by Crippen LogP contribution is 2.18. The molecule has 1 fully saturated rings. The molecule has 0 saturated carbocycles. The topological polar surface area (TPSA) is 29.9 Å². The standard InChI is InChI=1S/C10H17N3S/c1-3-10-8(5-13(2)12-10)4-11-9-6-14-7-9/h5,9,11H,3-4,6-7H2,1-2H3. The molecular weight excluding hydrogens is 194 g/mol. The molecule has 0 atom stereocenters. The van der Waals surface area contributed by atoms with Crippen molar-refractivity contribution in [1.29, 1.82) is 0 Å². The number of thioether (sulfide) groups is 1. The molecule has 0 spiro atoms. The van der Waals surface area contributed by atoms with E-state index in [2.05, 4.69) is 23.5 Å². The molecule has 1 saturated heterocycles. The van der Waals surface area contributed by atoms with Gasteiger partial charge in [0.1, 0.15) is 0 Å². The Morgan fingerprint density at radius 3 is 3.00 bits per heavy atom. The smallest absolute Gasteiger partial charge is 0.0666 e. The Bertz CT molecular complexity index is 304. The Kier molecular flexibility index (Phi) is 3.13. The fraction of sp³-hybridized carbons (Fsp3) is 0.700. The van der Waals surface area contributed by atoms with Gasteiger partial charge in [0.25, 0.3) is 0 Å². The average Bonchev–Trinajstić information content (AvgIpc) is 2.43. The summed E-state index contributed by atoms with van der Waals surface area (Å²) in [5, 5.41) is 7.97. The van der Waals surface area contributed by atoms with E-state index in [9.17, 15) is 0 Å². The highest BCUT2D eigenvalue weighted by molar-refractivity contribution is 8.00. The number of rotatable bonds is 4. The van der Waals surface area contributed by atoms with Gasteiger partial charge in [-0.1, -0.05) is 6.92 Å². The van der Waals surface area contributed by atoms with Crippen molar-refractivity contribution in [3.8, 4) is 0 Å². The second-order valence-electron chi connectivity index (χ2n) is 3.74. The summed E-state index contributed by atoms with van der Waals surface area (Å²) in [5.41, 5.74) is 2.58. The molecule has 0 unspecified atom stereocenters. The van der Waals surface area contributed by atoms with Gasteiger partial charge in [0.15, 0.2) is 0 Å². The number of aromatic nitrogens is 2. The van der Waals surface area contributed by atoms with Gasteiger partial charge < -0.3 is 5.32 Å². The van der Waals surface area contributed by atoms with Gasteiger partial charge in [0, 0.05) is 42.9 Å². The van der Waals surface area contributed by atoms with Crippen LogP contribution in [0, 0.1) is 0 Å². The molecule has 1 aliphatic heterocycles. The van der Waals surface area contributed by atoms with Crippen LogP contribution >= 0.6 is 11.8 Å². The molecule has 0 aromatic carbocycles. The van der Waals surface area contributed by atoms with Crippen LogP contribution in [0.3, 0.4) is 0 Å². The largest absolute Gasteiger partial charge is 0.308 e. The lowest BCUT2D eigenvalue weighted by Gasteiger charge is -2.25. The lowest BCUT2D eigenvalue weighted by atomic mass is 10.2. The second kappa shape index (κ2) is 4.36. The Labute approximate surface area is 89.3 Å². The maximum Gasteiger partial charge on any atom is 0.0666 e. The van der Waals surface area contributed by atoms with Gasteiger partial charge in [-0.25, -0.2) is 0 Å². The predicted molar refractivity (Wildman–Crippen MR) is 60.5 cm³/mol. The Morgan fingerprint density at radius 2 is 2.43 bits per heavy atom. The van der Waals surface area contributed by atoms with Gasteiger partial charge in [-0.05, 0) is 6.42 Å². The molecule has 0 radical (unpaired) electrons. The Morgan fingerprint density at radius 1 is 1.64 bits per heavy atom. The van der Waals surface area contributed by atoms with Crippen molar-refractivity contribution in [2.24, 2.45) is 7.05 Å². The van der Waals surface area contributed by atoms with Gasteiger partial charge in [-0.2, -0.15) is 16.9 Å². The van der Waals surface area contributed by atoms with Gasteiger partial charge >= 0.3 is 0 Å². The highest BCUT2D eigenvalue weighted by atomic mass is 32.2. The zero-order valence-electron chi connectivity index (χ0n) is 8.79. The van der Waals surface area contributed by atoms with Gasteiger partial charge in [-0.3, -0.25) is 4.68 Å². The molecule has 4 heteroatoms. The number of hydrogen-bond donors (Lipinski definition) is 1. The third-order valence-corrected chi connectivity index (χ3v) is 3.82. The van der Waals surface area contributed by atoms with Gasteiger partial charge in [0.05, 0.1) is 5.69 Å². The minimum atomic E-state index is 0.727. The fourth-order valence-corrected chi connectivity index (χ4v) is 2.34. The highest BCUT2D eigenvalue weighted by Gasteiger charge is 2.17. The van der Waals surface area contributed by atoms with Crippen molar-refractivity contribution in [2.75, 3.05) is 11.5 Å². The maximum absolute atomic E-state index is 4.42. The van der Waals surface area contributed by atoms with E-state index in [0.717, 1.165) is 19.0 Å². The minimum absolute atomic E-state index is 0.727. The van der Waals surface area contributed by atoms with Crippen LogP contribution in [0.4, 0.5) is 0 Å². The quantitative estimate of drug-likeness (QED) is 0.811. The van der Waals surface area contributed by atoms with Crippen LogP contribution < -0.4 is 5.32 Å². The van der Waals surface area contributed by atoms with Crippen LogP contribution in [0.15, 0.2) is 6.20 Å². The first-order valence-electron chi connectivity index (χ1n) is 5.12. The Hall–Kier alpha value is -0.480. The number of nitrogens with one attached hydrogen (secondary N) is 1. The summed E-state index contributed by atoms with van der Waals surface area (Å²) in [6.45, 7) is 3.13. The molecule has 14 heavy (non-hydrogen) atoms. The summed E-state index contributed by atoms with van der Waals surface area (Å²) in [6, 6.07) is 0.727. The first-order chi connectivity index (χ1) is 6.79. The average molecular weight is 211 g/mol. The van der Waals surface area contributed by atoms with Crippen molar-refractivity contribution in [2.45, 2.75) is 25.9 Å². The van der Waals surface area contributed by atoms with E-state index in [4.69, 9.17) is 0 Å². The predicted octanol–water partition coefficient (Wildman–Crippen LogP) is 1.19. The van der Waals surface area contributed by atoms with E-state index in [-0.39, 0.29) is 0 Å².